The number of methoxy groups -OCH3 is 1. The molecule has 1 heterocycles. The van der Waals surface area contributed by atoms with Crippen LogP contribution in [0.2, 0.25) is 0 Å². The van der Waals surface area contributed by atoms with E-state index in [4.69, 9.17) is 4.74 Å². The molecule has 0 fully saturated rings. The quantitative estimate of drug-likeness (QED) is 0.699. The number of aromatic nitrogens is 1. The van der Waals surface area contributed by atoms with Crippen molar-refractivity contribution >= 4 is 16.6 Å². The standard InChI is InChI=1S/C23H25N3O2/c1-15-11-19(16(2)27)21-13-20(23(14-24)25-22(21)12-15)17-5-7-18(8-6-17)26(3)9-10-28-4/h5-8,11-13,16,27H,9-10H2,1-4H3. The third-order valence-corrected chi connectivity index (χ3v) is 4.92. The van der Waals surface area contributed by atoms with Gasteiger partial charge >= 0.3 is 0 Å². The highest BCUT2D eigenvalue weighted by Crippen LogP contribution is 2.32. The smallest absolute Gasteiger partial charge is 0.149 e. The summed E-state index contributed by atoms with van der Waals surface area (Å²) in [5.74, 6) is 0. The fourth-order valence-corrected chi connectivity index (χ4v) is 3.35. The molecule has 0 aliphatic carbocycles. The second-order valence-corrected chi connectivity index (χ2v) is 7.05. The maximum atomic E-state index is 10.2. The SMILES string of the molecule is COCCN(C)c1ccc(-c2cc3c(C(C)O)cc(C)cc3nc2C#N)cc1. The number of anilines is 1. The first-order valence-corrected chi connectivity index (χ1v) is 9.28. The van der Waals surface area contributed by atoms with Crippen LogP contribution >= 0.6 is 0 Å². The maximum Gasteiger partial charge on any atom is 0.149 e. The molecule has 28 heavy (non-hydrogen) atoms. The zero-order valence-corrected chi connectivity index (χ0v) is 16.7. The molecule has 2 aromatic carbocycles. The highest BCUT2D eigenvalue weighted by Gasteiger charge is 2.14. The van der Waals surface area contributed by atoms with Crippen LogP contribution in [0, 0.1) is 18.3 Å². The molecule has 0 saturated heterocycles. The summed E-state index contributed by atoms with van der Waals surface area (Å²) >= 11 is 0. The maximum absolute atomic E-state index is 10.2. The van der Waals surface area contributed by atoms with Crippen molar-refractivity contribution in [2.75, 3.05) is 32.2 Å². The van der Waals surface area contributed by atoms with Gasteiger partial charge < -0.3 is 14.7 Å². The molecule has 0 radical (unpaired) electrons. The zero-order chi connectivity index (χ0) is 20.3. The fraction of sp³-hybridized carbons (Fsp3) is 0.304. The largest absolute Gasteiger partial charge is 0.389 e. The molecule has 3 rings (SSSR count). The van der Waals surface area contributed by atoms with E-state index in [0.717, 1.165) is 45.4 Å². The predicted molar refractivity (Wildman–Crippen MR) is 112 cm³/mol. The van der Waals surface area contributed by atoms with E-state index in [9.17, 15) is 10.4 Å². The second-order valence-electron chi connectivity index (χ2n) is 7.05. The summed E-state index contributed by atoms with van der Waals surface area (Å²) in [5, 5.41) is 20.7. The van der Waals surface area contributed by atoms with Gasteiger partial charge in [0.05, 0.1) is 18.2 Å². The minimum atomic E-state index is -0.609. The van der Waals surface area contributed by atoms with Crippen molar-refractivity contribution in [3.63, 3.8) is 0 Å². The molecule has 1 aromatic heterocycles. The average Bonchev–Trinajstić information content (AvgIpc) is 2.70. The molecule has 0 aliphatic heterocycles. The van der Waals surface area contributed by atoms with Gasteiger partial charge in [0.15, 0.2) is 0 Å². The number of rotatable bonds is 6. The lowest BCUT2D eigenvalue weighted by atomic mass is 9.96. The summed E-state index contributed by atoms with van der Waals surface area (Å²) in [5.41, 5.74) is 5.72. The van der Waals surface area contributed by atoms with Gasteiger partial charge in [0, 0.05) is 37.3 Å². The number of likely N-dealkylation sites (N-methyl/N-ethyl adjacent to an activating group) is 1. The Morgan fingerprint density at radius 3 is 2.54 bits per heavy atom. The van der Waals surface area contributed by atoms with E-state index >= 15 is 0 Å². The van der Waals surface area contributed by atoms with E-state index in [0.29, 0.717) is 12.3 Å². The van der Waals surface area contributed by atoms with Gasteiger partial charge in [0.1, 0.15) is 11.8 Å². The lowest BCUT2D eigenvalue weighted by Gasteiger charge is -2.19. The monoisotopic (exact) mass is 375 g/mol. The van der Waals surface area contributed by atoms with Gasteiger partial charge in [-0.1, -0.05) is 18.2 Å². The molecule has 1 N–H and O–H groups in total. The third-order valence-electron chi connectivity index (χ3n) is 4.92. The molecule has 0 spiro atoms. The van der Waals surface area contributed by atoms with E-state index < -0.39 is 6.10 Å². The molecule has 0 bridgehead atoms. The van der Waals surface area contributed by atoms with Crippen molar-refractivity contribution < 1.29 is 9.84 Å². The van der Waals surface area contributed by atoms with Gasteiger partial charge in [-0.2, -0.15) is 5.26 Å². The predicted octanol–water partition coefficient (Wildman–Crippen LogP) is 4.22. The second kappa shape index (κ2) is 8.39. The lowest BCUT2D eigenvalue weighted by Crippen LogP contribution is -2.21. The highest BCUT2D eigenvalue weighted by molar-refractivity contribution is 5.89. The van der Waals surface area contributed by atoms with Gasteiger partial charge in [-0.15, -0.1) is 0 Å². The van der Waals surface area contributed by atoms with Gasteiger partial charge in [0.25, 0.3) is 0 Å². The summed E-state index contributed by atoms with van der Waals surface area (Å²) in [7, 11) is 3.71. The number of benzene rings is 2. The lowest BCUT2D eigenvalue weighted by molar-refractivity contribution is 0.201. The molecule has 0 saturated carbocycles. The van der Waals surface area contributed by atoms with Crippen molar-refractivity contribution in [1.29, 1.82) is 5.26 Å². The molecule has 5 heteroatoms. The highest BCUT2D eigenvalue weighted by atomic mass is 16.5. The molecular weight excluding hydrogens is 350 g/mol. The number of fused-ring (bicyclic) bond motifs is 1. The molecule has 144 valence electrons. The Labute approximate surface area is 165 Å². The number of nitriles is 1. The number of aliphatic hydroxyl groups is 1. The first-order chi connectivity index (χ1) is 13.4. The Balaban J connectivity index is 2.08. The minimum Gasteiger partial charge on any atom is -0.389 e. The van der Waals surface area contributed by atoms with Gasteiger partial charge in [-0.3, -0.25) is 0 Å². The number of aryl methyl sites for hydroxylation is 1. The number of pyridine rings is 1. The number of hydrogen-bond acceptors (Lipinski definition) is 5. The Morgan fingerprint density at radius 2 is 1.93 bits per heavy atom. The van der Waals surface area contributed by atoms with Crippen LogP contribution in [-0.4, -0.2) is 37.4 Å². The van der Waals surface area contributed by atoms with Crippen LogP contribution in [-0.2, 0) is 4.74 Å². The molecule has 1 atom stereocenters. The summed E-state index contributed by atoms with van der Waals surface area (Å²) in [6.07, 6.45) is -0.609. The van der Waals surface area contributed by atoms with Gasteiger partial charge in [-0.25, -0.2) is 4.98 Å². The summed E-state index contributed by atoms with van der Waals surface area (Å²) in [4.78, 5) is 6.69. The summed E-state index contributed by atoms with van der Waals surface area (Å²) in [6.45, 7) is 5.17. The Hall–Kier alpha value is -2.94. The van der Waals surface area contributed by atoms with Crippen LogP contribution in [0.4, 0.5) is 5.69 Å². The van der Waals surface area contributed by atoms with E-state index in [-0.39, 0.29) is 0 Å². The first kappa shape index (κ1) is 19.8. The van der Waals surface area contributed by atoms with Crippen molar-refractivity contribution in [3.05, 3.63) is 59.3 Å². The molecule has 0 aliphatic rings. The Kier molecular flexibility index (Phi) is 5.93. The van der Waals surface area contributed by atoms with Crippen LogP contribution in [0.5, 0.6) is 0 Å². The first-order valence-electron chi connectivity index (χ1n) is 9.28. The van der Waals surface area contributed by atoms with Crippen LogP contribution in [0.3, 0.4) is 0 Å². The van der Waals surface area contributed by atoms with E-state index in [1.807, 2.05) is 56.4 Å². The van der Waals surface area contributed by atoms with E-state index in [1.165, 1.54) is 0 Å². The van der Waals surface area contributed by atoms with Crippen molar-refractivity contribution in [1.82, 2.24) is 4.98 Å². The van der Waals surface area contributed by atoms with E-state index in [2.05, 4.69) is 16.0 Å². The number of nitrogens with zero attached hydrogens (tertiary/aromatic N) is 3. The van der Waals surface area contributed by atoms with Gasteiger partial charge in [0.2, 0.25) is 0 Å². The van der Waals surface area contributed by atoms with Crippen LogP contribution in [0.25, 0.3) is 22.0 Å². The Bertz CT molecular complexity index is 1020. The molecule has 0 amide bonds. The van der Waals surface area contributed by atoms with Crippen LogP contribution in [0.15, 0.2) is 42.5 Å². The Morgan fingerprint density at radius 1 is 1.21 bits per heavy atom. The van der Waals surface area contributed by atoms with Crippen molar-refractivity contribution in [2.45, 2.75) is 20.0 Å². The summed E-state index contributed by atoms with van der Waals surface area (Å²) < 4.78 is 5.13. The number of hydrogen-bond donors (Lipinski definition) is 1. The average molecular weight is 375 g/mol. The van der Waals surface area contributed by atoms with Crippen molar-refractivity contribution in [3.8, 4) is 17.2 Å². The van der Waals surface area contributed by atoms with Crippen LogP contribution in [0.1, 0.15) is 29.8 Å². The van der Waals surface area contributed by atoms with Gasteiger partial charge in [-0.05, 0) is 54.8 Å². The molecular formula is C23H25N3O2. The number of ether oxygens (including phenoxy) is 1. The fourth-order valence-electron chi connectivity index (χ4n) is 3.35. The molecule has 1 unspecified atom stereocenters. The number of aliphatic hydroxyl groups excluding tert-OH is 1. The normalized spacial score (nSPS) is 12.0. The van der Waals surface area contributed by atoms with Crippen molar-refractivity contribution in [2.24, 2.45) is 0 Å². The third kappa shape index (κ3) is 3.99. The van der Waals surface area contributed by atoms with Crippen LogP contribution < -0.4 is 4.90 Å². The zero-order valence-electron chi connectivity index (χ0n) is 16.7. The van der Waals surface area contributed by atoms with E-state index in [1.54, 1.807) is 14.0 Å². The molecule has 3 aromatic rings. The summed E-state index contributed by atoms with van der Waals surface area (Å²) in [6, 6.07) is 16.2. The molecule has 5 nitrogen and oxygen atoms in total. The topological polar surface area (TPSA) is 69.4 Å². The minimum absolute atomic E-state index is 0.384.